The lowest BCUT2D eigenvalue weighted by Gasteiger charge is -2.30. The molecule has 2 aliphatic rings. The summed E-state index contributed by atoms with van der Waals surface area (Å²) in [4.78, 5) is 55.9. The molecule has 2 fully saturated rings. The number of imidazole rings is 1. The third-order valence-corrected chi connectivity index (χ3v) is 5.13. The number of rotatable bonds is 6. The van der Waals surface area contributed by atoms with E-state index < -0.39 is 35.8 Å². The standard InChI is InChI=1S/C14H18N6O4S/c15-12(22)10-4-25-6-20(10)14(24)9(1-7-3-16-5-17-7)19-13(23)8-2-11(21)18-8/h3,5,8-10H,1-2,4,6H2,(H2,15,22)(H,16,17)(H,18,21)(H,19,23)/t8-,9-,10?/m0/s1. The number of carbonyl (C=O) groups is 4. The molecule has 10 nitrogen and oxygen atoms in total. The molecule has 3 rings (SSSR count). The number of amides is 4. The van der Waals surface area contributed by atoms with Gasteiger partial charge < -0.3 is 26.3 Å². The van der Waals surface area contributed by atoms with Crippen molar-refractivity contribution in [2.45, 2.75) is 31.0 Å². The molecule has 0 aliphatic carbocycles. The summed E-state index contributed by atoms with van der Waals surface area (Å²) in [7, 11) is 0. The highest BCUT2D eigenvalue weighted by Crippen LogP contribution is 2.22. The average molecular weight is 366 g/mol. The Morgan fingerprint density at radius 3 is 2.84 bits per heavy atom. The van der Waals surface area contributed by atoms with Crippen molar-refractivity contribution in [2.75, 3.05) is 11.6 Å². The number of hydrogen-bond acceptors (Lipinski definition) is 6. The molecule has 0 bridgehead atoms. The van der Waals surface area contributed by atoms with Crippen LogP contribution in [0.3, 0.4) is 0 Å². The highest BCUT2D eigenvalue weighted by atomic mass is 32.2. The number of nitrogens with zero attached hydrogens (tertiary/aromatic N) is 2. The normalized spacial score (nSPS) is 23.5. The highest BCUT2D eigenvalue weighted by Gasteiger charge is 2.39. The van der Waals surface area contributed by atoms with Gasteiger partial charge in [-0.2, -0.15) is 0 Å². The van der Waals surface area contributed by atoms with Gasteiger partial charge in [-0.25, -0.2) is 4.98 Å². The van der Waals surface area contributed by atoms with Crippen LogP contribution < -0.4 is 16.4 Å². The minimum absolute atomic E-state index is 0.0959. The smallest absolute Gasteiger partial charge is 0.246 e. The van der Waals surface area contributed by atoms with Crippen molar-refractivity contribution in [3.63, 3.8) is 0 Å². The molecular formula is C14H18N6O4S. The van der Waals surface area contributed by atoms with Gasteiger partial charge in [0.1, 0.15) is 18.1 Å². The van der Waals surface area contributed by atoms with Crippen LogP contribution in [0.1, 0.15) is 12.1 Å². The van der Waals surface area contributed by atoms with Crippen LogP contribution in [0.15, 0.2) is 12.5 Å². The summed E-state index contributed by atoms with van der Waals surface area (Å²) in [6, 6.07) is -2.23. The molecule has 0 aromatic carbocycles. The molecule has 1 aromatic heterocycles. The van der Waals surface area contributed by atoms with E-state index >= 15 is 0 Å². The van der Waals surface area contributed by atoms with Crippen molar-refractivity contribution in [3.8, 4) is 0 Å². The zero-order chi connectivity index (χ0) is 18.0. The number of H-pyrrole nitrogens is 1. The molecule has 5 N–H and O–H groups in total. The zero-order valence-corrected chi connectivity index (χ0v) is 14.0. The van der Waals surface area contributed by atoms with E-state index in [1.165, 1.54) is 23.0 Å². The van der Waals surface area contributed by atoms with Gasteiger partial charge in [0.15, 0.2) is 0 Å². The lowest BCUT2D eigenvalue weighted by atomic mass is 10.0. The van der Waals surface area contributed by atoms with Gasteiger partial charge in [-0.15, -0.1) is 11.8 Å². The summed E-state index contributed by atoms with van der Waals surface area (Å²) < 4.78 is 0. The van der Waals surface area contributed by atoms with Crippen LogP contribution in [0.4, 0.5) is 0 Å². The van der Waals surface area contributed by atoms with E-state index in [1.54, 1.807) is 6.20 Å². The summed E-state index contributed by atoms with van der Waals surface area (Å²) in [6.45, 7) is 0. The zero-order valence-electron chi connectivity index (χ0n) is 13.2. The van der Waals surface area contributed by atoms with E-state index in [4.69, 9.17) is 5.73 Å². The molecule has 0 radical (unpaired) electrons. The molecule has 3 atom stereocenters. The van der Waals surface area contributed by atoms with Crippen LogP contribution in [-0.2, 0) is 25.6 Å². The predicted molar refractivity (Wildman–Crippen MR) is 87.9 cm³/mol. The van der Waals surface area contributed by atoms with E-state index in [2.05, 4.69) is 20.6 Å². The second-order valence-electron chi connectivity index (χ2n) is 5.88. The topological polar surface area (TPSA) is 150 Å². The van der Waals surface area contributed by atoms with E-state index in [1.807, 2.05) is 0 Å². The van der Waals surface area contributed by atoms with Crippen molar-refractivity contribution >= 4 is 35.4 Å². The molecule has 3 heterocycles. The number of carbonyl (C=O) groups excluding carboxylic acids is 4. The first-order chi connectivity index (χ1) is 12.0. The number of aromatic amines is 1. The number of aromatic nitrogens is 2. The third-order valence-electron chi connectivity index (χ3n) is 4.12. The quantitative estimate of drug-likeness (QED) is 0.416. The molecule has 11 heteroatoms. The number of thioether (sulfide) groups is 1. The summed E-state index contributed by atoms with van der Waals surface area (Å²) in [5, 5.41) is 5.12. The Balaban J connectivity index is 1.73. The second-order valence-corrected chi connectivity index (χ2v) is 6.88. The monoisotopic (exact) mass is 366 g/mol. The molecule has 1 aromatic rings. The van der Waals surface area contributed by atoms with E-state index in [0.717, 1.165) is 0 Å². The first-order valence-corrected chi connectivity index (χ1v) is 8.86. The fourth-order valence-corrected chi connectivity index (χ4v) is 3.87. The maximum absolute atomic E-state index is 12.9. The third kappa shape index (κ3) is 3.76. The van der Waals surface area contributed by atoms with Gasteiger partial charge in [0.2, 0.25) is 23.6 Å². The molecule has 134 valence electrons. The Morgan fingerprint density at radius 2 is 2.24 bits per heavy atom. The molecule has 4 amide bonds. The molecule has 0 saturated carbocycles. The van der Waals surface area contributed by atoms with Crippen LogP contribution in [-0.4, -0.2) is 68.3 Å². The first-order valence-electron chi connectivity index (χ1n) is 7.70. The Labute approximate surface area is 147 Å². The lowest BCUT2D eigenvalue weighted by molar-refractivity contribution is -0.142. The van der Waals surface area contributed by atoms with Crippen molar-refractivity contribution in [3.05, 3.63) is 18.2 Å². The minimum Gasteiger partial charge on any atom is -0.368 e. The Morgan fingerprint density at radius 1 is 1.48 bits per heavy atom. The van der Waals surface area contributed by atoms with Crippen molar-refractivity contribution < 1.29 is 19.2 Å². The van der Waals surface area contributed by atoms with Crippen molar-refractivity contribution in [2.24, 2.45) is 5.73 Å². The van der Waals surface area contributed by atoms with E-state index in [-0.39, 0.29) is 18.7 Å². The number of β-lactam (4-membered cyclic amide) rings is 1. The van der Waals surface area contributed by atoms with Crippen molar-refractivity contribution in [1.29, 1.82) is 0 Å². The molecule has 2 aliphatic heterocycles. The Bertz CT molecular complexity index is 686. The molecule has 25 heavy (non-hydrogen) atoms. The summed E-state index contributed by atoms with van der Waals surface area (Å²) in [5.74, 6) is -0.844. The molecular weight excluding hydrogens is 348 g/mol. The van der Waals surface area contributed by atoms with E-state index in [9.17, 15) is 19.2 Å². The largest absolute Gasteiger partial charge is 0.368 e. The van der Waals surface area contributed by atoms with Gasteiger partial charge in [0, 0.05) is 18.4 Å². The Hall–Kier alpha value is -2.56. The van der Waals surface area contributed by atoms with Gasteiger partial charge in [-0.1, -0.05) is 0 Å². The predicted octanol–water partition coefficient (Wildman–Crippen LogP) is -2.29. The van der Waals surface area contributed by atoms with Gasteiger partial charge in [0.05, 0.1) is 24.3 Å². The molecule has 0 spiro atoms. The average Bonchev–Trinajstić information content (AvgIpc) is 3.21. The van der Waals surface area contributed by atoms with Gasteiger partial charge in [-0.3, -0.25) is 19.2 Å². The van der Waals surface area contributed by atoms with Gasteiger partial charge in [0.25, 0.3) is 0 Å². The molecule has 2 saturated heterocycles. The number of nitrogens with two attached hydrogens (primary N) is 1. The SMILES string of the molecule is NC(=O)C1CSCN1C(=O)[C@H](Cc1c[nH]cn1)NC(=O)[C@@H]1CC(=O)N1. The number of hydrogen-bond donors (Lipinski definition) is 4. The van der Waals surface area contributed by atoms with E-state index in [0.29, 0.717) is 17.3 Å². The van der Waals surface area contributed by atoms with Crippen LogP contribution >= 0.6 is 11.8 Å². The summed E-state index contributed by atoms with van der Waals surface area (Å²) >= 11 is 1.43. The fourth-order valence-electron chi connectivity index (χ4n) is 2.70. The lowest BCUT2D eigenvalue weighted by Crippen LogP contribution is -2.61. The fraction of sp³-hybridized carbons (Fsp3) is 0.500. The highest BCUT2D eigenvalue weighted by molar-refractivity contribution is 7.99. The van der Waals surface area contributed by atoms with Gasteiger partial charge >= 0.3 is 0 Å². The summed E-state index contributed by atoms with van der Waals surface area (Å²) in [6.07, 6.45) is 3.37. The van der Waals surface area contributed by atoms with Crippen molar-refractivity contribution in [1.82, 2.24) is 25.5 Å². The summed E-state index contributed by atoms with van der Waals surface area (Å²) in [5.41, 5.74) is 5.96. The van der Waals surface area contributed by atoms with Crippen LogP contribution in [0.2, 0.25) is 0 Å². The first kappa shape index (κ1) is 17.3. The van der Waals surface area contributed by atoms with Crippen LogP contribution in [0.5, 0.6) is 0 Å². The Kier molecular flexibility index (Phi) is 4.93. The number of primary amides is 1. The maximum atomic E-state index is 12.9. The van der Waals surface area contributed by atoms with Crippen LogP contribution in [0.25, 0.3) is 0 Å². The minimum atomic E-state index is -0.895. The maximum Gasteiger partial charge on any atom is 0.246 e. The number of nitrogens with one attached hydrogen (secondary N) is 3. The second kappa shape index (κ2) is 7.13. The van der Waals surface area contributed by atoms with Crippen LogP contribution in [0, 0.1) is 0 Å². The molecule has 1 unspecified atom stereocenters. The van der Waals surface area contributed by atoms with Gasteiger partial charge in [-0.05, 0) is 0 Å².